The van der Waals surface area contributed by atoms with Gasteiger partial charge in [-0.2, -0.15) is 0 Å². The van der Waals surface area contributed by atoms with Crippen molar-refractivity contribution >= 4 is 28.8 Å². The Balaban J connectivity index is 1.33. The molecule has 1 aliphatic rings. The van der Waals surface area contributed by atoms with Gasteiger partial charge in [0.25, 0.3) is 5.22 Å². The van der Waals surface area contributed by atoms with E-state index in [1.54, 1.807) is 0 Å². The molecule has 0 spiro atoms. The van der Waals surface area contributed by atoms with Crippen LogP contribution in [0.5, 0.6) is 0 Å². The molecule has 0 bridgehead atoms. The number of hydrogen-bond donors (Lipinski definition) is 0. The topological polar surface area (TPSA) is 52.3 Å². The lowest BCUT2D eigenvalue weighted by Crippen LogP contribution is -2.12. The van der Waals surface area contributed by atoms with Gasteiger partial charge >= 0.3 is 5.97 Å². The molecule has 0 N–H and O–H groups in total. The van der Waals surface area contributed by atoms with Crippen LogP contribution in [0, 0.1) is 0 Å². The molecule has 1 heterocycles. The highest BCUT2D eigenvalue weighted by Gasteiger charge is 2.31. The Kier molecular flexibility index (Phi) is 3.94. The number of fused-ring (bicyclic) bond motifs is 4. The maximum Gasteiger partial charge on any atom is 0.317 e. The van der Waals surface area contributed by atoms with Crippen molar-refractivity contribution in [2.45, 2.75) is 11.3 Å². The van der Waals surface area contributed by atoms with Crippen LogP contribution in [0.4, 0.5) is 0 Å². The van der Waals surface area contributed by atoms with E-state index >= 15 is 0 Å². The molecule has 132 valence electrons. The molecular formula is C22H15NO3S. The number of ether oxygens (including phenoxy) is 1. The van der Waals surface area contributed by atoms with E-state index in [4.69, 9.17) is 9.15 Å². The third-order valence-electron chi connectivity index (χ3n) is 4.61. The van der Waals surface area contributed by atoms with Crippen LogP contribution in [0.15, 0.2) is 82.4 Å². The first-order chi connectivity index (χ1) is 13.3. The summed E-state index contributed by atoms with van der Waals surface area (Å²) < 4.78 is 11.5. The van der Waals surface area contributed by atoms with Gasteiger partial charge in [-0.25, -0.2) is 4.98 Å². The fraction of sp³-hybridized carbons (Fsp3) is 0.0909. The van der Waals surface area contributed by atoms with Crippen LogP contribution >= 0.6 is 11.8 Å². The number of aromatic nitrogens is 1. The summed E-state index contributed by atoms with van der Waals surface area (Å²) in [6, 6.07) is 23.6. The second-order valence-electron chi connectivity index (χ2n) is 6.28. The highest BCUT2D eigenvalue weighted by molar-refractivity contribution is 7.99. The predicted molar refractivity (Wildman–Crippen MR) is 105 cm³/mol. The van der Waals surface area contributed by atoms with Gasteiger partial charge < -0.3 is 9.15 Å². The van der Waals surface area contributed by atoms with Gasteiger partial charge in [0.05, 0.1) is 0 Å². The summed E-state index contributed by atoms with van der Waals surface area (Å²) in [6.07, 6.45) is -0.367. The van der Waals surface area contributed by atoms with Crippen LogP contribution in [0.25, 0.3) is 22.2 Å². The van der Waals surface area contributed by atoms with E-state index in [-0.39, 0.29) is 17.8 Å². The minimum absolute atomic E-state index is 0.146. The molecule has 0 atom stereocenters. The summed E-state index contributed by atoms with van der Waals surface area (Å²) >= 11 is 1.25. The van der Waals surface area contributed by atoms with Crippen molar-refractivity contribution in [3.8, 4) is 11.1 Å². The van der Waals surface area contributed by atoms with Crippen LogP contribution in [-0.2, 0) is 9.53 Å². The van der Waals surface area contributed by atoms with E-state index < -0.39 is 0 Å². The molecule has 0 aliphatic heterocycles. The first-order valence-electron chi connectivity index (χ1n) is 8.66. The third kappa shape index (κ3) is 2.90. The molecule has 5 heteroatoms. The van der Waals surface area contributed by atoms with Crippen molar-refractivity contribution in [1.29, 1.82) is 0 Å². The number of carbonyl (C=O) groups is 1. The van der Waals surface area contributed by atoms with Gasteiger partial charge in [0, 0.05) is 11.1 Å². The molecule has 5 rings (SSSR count). The molecule has 0 radical (unpaired) electrons. The van der Waals surface area contributed by atoms with Gasteiger partial charge in [-0.15, -0.1) is 0 Å². The highest BCUT2D eigenvalue weighted by Crippen LogP contribution is 2.45. The minimum Gasteiger partial charge on any atom is -0.452 e. The average molecular weight is 373 g/mol. The Morgan fingerprint density at radius 3 is 2.26 bits per heavy atom. The summed E-state index contributed by atoms with van der Waals surface area (Å²) in [6.45, 7) is 0. The summed E-state index contributed by atoms with van der Waals surface area (Å²) in [5, 5.41) is 0.473. The molecular weight excluding hydrogens is 358 g/mol. The number of esters is 1. The highest BCUT2D eigenvalue weighted by atomic mass is 32.2. The lowest BCUT2D eigenvalue weighted by molar-refractivity contribution is -0.144. The van der Waals surface area contributed by atoms with Gasteiger partial charge in [0.15, 0.2) is 11.7 Å². The second kappa shape index (κ2) is 6.59. The Bertz CT molecular complexity index is 1070. The number of carbonyl (C=O) groups excluding carboxylic acids is 1. The summed E-state index contributed by atoms with van der Waals surface area (Å²) in [4.78, 5) is 16.9. The Morgan fingerprint density at radius 1 is 0.926 bits per heavy atom. The standard InChI is InChI=1S/C22H15NO3S/c24-20(13-27-22-23-18-11-5-6-12-19(18)25-22)26-21-16-9-3-1-7-14(16)15-8-2-4-10-17(15)21/h1-12,21H,13H2. The lowest BCUT2D eigenvalue weighted by atomic mass is 10.1. The van der Waals surface area contributed by atoms with Crippen molar-refractivity contribution in [3.05, 3.63) is 83.9 Å². The molecule has 0 fully saturated rings. The first kappa shape index (κ1) is 16.1. The van der Waals surface area contributed by atoms with Crippen LogP contribution in [0.3, 0.4) is 0 Å². The van der Waals surface area contributed by atoms with Crippen molar-refractivity contribution in [3.63, 3.8) is 0 Å². The Morgan fingerprint density at radius 2 is 1.56 bits per heavy atom. The Hall–Kier alpha value is -3.05. The van der Waals surface area contributed by atoms with Crippen LogP contribution in [0.2, 0.25) is 0 Å². The molecule has 0 saturated carbocycles. The average Bonchev–Trinajstić information content (AvgIpc) is 3.26. The molecule has 1 aromatic heterocycles. The molecule has 4 aromatic rings. The number of para-hydroxylation sites is 2. The molecule has 27 heavy (non-hydrogen) atoms. The number of benzene rings is 3. The van der Waals surface area contributed by atoms with E-state index in [2.05, 4.69) is 17.1 Å². The monoisotopic (exact) mass is 373 g/mol. The maximum atomic E-state index is 12.5. The van der Waals surface area contributed by atoms with Crippen molar-refractivity contribution in [2.75, 3.05) is 5.75 Å². The van der Waals surface area contributed by atoms with Gasteiger partial charge in [-0.1, -0.05) is 72.4 Å². The lowest BCUT2D eigenvalue weighted by Gasteiger charge is -2.14. The van der Waals surface area contributed by atoms with E-state index in [1.165, 1.54) is 11.8 Å². The number of oxazole rings is 1. The van der Waals surface area contributed by atoms with Crippen LogP contribution < -0.4 is 0 Å². The molecule has 0 unspecified atom stereocenters. The van der Waals surface area contributed by atoms with E-state index in [0.717, 1.165) is 27.8 Å². The van der Waals surface area contributed by atoms with E-state index in [1.807, 2.05) is 60.7 Å². The minimum atomic E-state index is -0.367. The summed E-state index contributed by atoms with van der Waals surface area (Å²) in [5.41, 5.74) is 5.80. The molecule has 0 saturated heterocycles. The van der Waals surface area contributed by atoms with Gasteiger partial charge in [-0.3, -0.25) is 4.79 Å². The number of nitrogens with zero attached hydrogens (tertiary/aromatic N) is 1. The smallest absolute Gasteiger partial charge is 0.317 e. The van der Waals surface area contributed by atoms with Crippen molar-refractivity contribution in [1.82, 2.24) is 4.98 Å². The predicted octanol–water partition coefficient (Wildman–Crippen LogP) is 5.23. The van der Waals surface area contributed by atoms with Gasteiger partial charge in [0.2, 0.25) is 0 Å². The fourth-order valence-electron chi connectivity index (χ4n) is 3.44. The summed E-state index contributed by atoms with van der Waals surface area (Å²) in [7, 11) is 0. The van der Waals surface area contributed by atoms with Crippen molar-refractivity contribution in [2.24, 2.45) is 0 Å². The molecule has 3 aromatic carbocycles. The number of thioether (sulfide) groups is 1. The van der Waals surface area contributed by atoms with Gasteiger partial charge in [-0.05, 0) is 23.3 Å². The fourth-order valence-corrected chi connectivity index (χ4v) is 4.06. The van der Waals surface area contributed by atoms with Gasteiger partial charge in [0.1, 0.15) is 11.3 Å². The van der Waals surface area contributed by atoms with Crippen LogP contribution in [-0.4, -0.2) is 16.7 Å². The van der Waals surface area contributed by atoms with Crippen molar-refractivity contribution < 1.29 is 13.9 Å². The number of rotatable bonds is 4. The number of hydrogen-bond acceptors (Lipinski definition) is 5. The SMILES string of the molecule is O=C(CSc1nc2ccccc2o1)OC1c2ccccc2-c2ccccc21. The quantitative estimate of drug-likeness (QED) is 0.362. The summed E-state index contributed by atoms with van der Waals surface area (Å²) in [5.74, 6) is -0.146. The first-order valence-corrected chi connectivity index (χ1v) is 9.64. The van der Waals surface area contributed by atoms with E-state index in [0.29, 0.717) is 10.8 Å². The van der Waals surface area contributed by atoms with E-state index in [9.17, 15) is 4.79 Å². The third-order valence-corrected chi connectivity index (χ3v) is 5.42. The zero-order valence-corrected chi connectivity index (χ0v) is 15.1. The zero-order valence-electron chi connectivity index (χ0n) is 14.3. The molecule has 1 aliphatic carbocycles. The largest absolute Gasteiger partial charge is 0.452 e. The molecule has 0 amide bonds. The Labute approximate surface area is 160 Å². The van der Waals surface area contributed by atoms with Crippen LogP contribution in [0.1, 0.15) is 17.2 Å². The molecule has 4 nitrogen and oxygen atoms in total. The maximum absolute atomic E-state index is 12.5. The second-order valence-corrected chi connectivity index (χ2v) is 7.21. The normalized spacial score (nSPS) is 12.7. The zero-order chi connectivity index (χ0) is 18.2.